The summed E-state index contributed by atoms with van der Waals surface area (Å²) in [6.45, 7) is 0.627. The Morgan fingerprint density at radius 1 is 1.47 bits per heavy atom. The Labute approximate surface area is 109 Å². The van der Waals surface area contributed by atoms with Crippen molar-refractivity contribution in [1.29, 1.82) is 0 Å². The van der Waals surface area contributed by atoms with E-state index in [9.17, 15) is 0 Å². The SMILES string of the molecule is COc1cccc(N(C)Cc2nnsc2Cl)c1. The van der Waals surface area contributed by atoms with Crippen LogP contribution in [0.5, 0.6) is 5.75 Å². The van der Waals surface area contributed by atoms with E-state index in [0.717, 1.165) is 17.1 Å². The molecule has 0 aliphatic heterocycles. The Bertz CT molecular complexity index is 503. The van der Waals surface area contributed by atoms with E-state index in [1.165, 1.54) is 11.5 Å². The van der Waals surface area contributed by atoms with Gasteiger partial charge in [0.05, 0.1) is 13.7 Å². The highest BCUT2D eigenvalue weighted by Gasteiger charge is 2.09. The molecule has 90 valence electrons. The number of nitrogens with zero attached hydrogens (tertiary/aromatic N) is 3. The highest BCUT2D eigenvalue weighted by molar-refractivity contribution is 7.10. The van der Waals surface area contributed by atoms with Crippen LogP contribution in [0.2, 0.25) is 4.34 Å². The Hall–Kier alpha value is -1.33. The second kappa shape index (κ2) is 5.33. The van der Waals surface area contributed by atoms with Crippen molar-refractivity contribution in [2.75, 3.05) is 19.1 Å². The molecule has 0 aliphatic rings. The number of anilines is 1. The minimum Gasteiger partial charge on any atom is -0.497 e. The zero-order chi connectivity index (χ0) is 12.3. The van der Waals surface area contributed by atoms with Crippen LogP contribution in [0.1, 0.15) is 5.69 Å². The first-order valence-corrected chi connectivity index (χ1v) is 6.17. The summed E-state index contributed by atoms with van der Waals surface area (Å²) in [4.78, 5) is 2.05. The van der Waals surface area contributed by atoms with Crippen LogP contribution in [0.4, 0.5) is 5.69 Å². The molecule has 1 aromatic carbocycles. The maximum absolute atomic E-state index is 5.97. The molecule has 0 aliphatic carbocycles. The maximum Gasteiger partial charge on any atom is 0.139 e. The van der Waals surface area contributed by atoms with Crippen molar-refractivity contribution in [1.82, 2.24) is 9.59 Å². The Balaban J connectivity index is 2.14. The zero-order valence-electron chi connectivity index (χ0n) is 9.55. The summed E-state index contributed by atoms with van der Waals surface area (Å²) in [5.74, 6) is 0.830. The van der Waals surface area contributed by atoms with Crippen LogP contribution in [0.3, 0.4) is 0 Å². The van der Waals surface area contributed by atoms with Gasteiger partial charge in [0.25, 0.3) is 0 Å². The molecule has 4 nitrogen and oxygen atoms in total. The number of hydrogen-bond acceptors (Lipinski definition) is 5. The molecule has 2 rings (SSSR count). The van der Waals surface area contributed by atoms with E-state index in [0.29, 0.717) is 10.9 Å². The van der Waals surface area contributed by atoms with Crippen molar-refractivity contribution in [3.8, 4) is 5.75 Å². The molecule has 0 unspecified atom stereocenters. The number of rotatable bonds is 4. The van der Waals surface area contributed by atoms with Crippen LogP contribution in [0.15, 0.2) is 24.3 Å². The molecular weight excluding hydrogens is 258 g/mol. The second-order valence-corrected chi connectivity index (χ2v) is 4.91. The lowest BCUT2D eigenvalue weighted by atomic mass is 10.2. The number of ether oxygens (including phenoxy) is 1. The van der Waals surface area contributed by atoms with Crippen LogP contribution in [0.25, 0.3) is 0 Å². The van der Waals surface area contributed by atoms with Crippen molar-refractivity contribution < 1.29 is 4.74 Å². The lowest BCUT2D eigenvalue weighted by molar-refractivity contribution is 0.415. The second-order valence-electron chi connectivity index (χ2n) is 3.55. The molecule has 0 N–H and O–H groups in total. The molecule has 0 fully saturated rings. The average Bonchev–Trinajstić information content (AvgIpc) is 2.75. The van der Waals surface area contributed by atoms with Gasteiger partial charge in [-0.3, -0.25) is 0 Å². The van der Waals surface area contributed by atoms with Gasteiger partial charge in [-0.1, -0.05) is 22.2 Å². The lowest BCUT2D eigenvalue weighted by Crippen LogP contribution is -2.16. The van der Waals surface area contributed by atoms with Crippen molar-refractivity contribution in [3.05, 3.63) is 34.3 Å². The Morgan fingerprint density at radius 2 is 2.29 bits per heavy atom. The van der Waals surface area contributed by atoms with Crippen molar-refractivity contribution in [3.63, 3.8) is 0 Å². The molecule has 2 aromatic rings. The predicted octanol–water partition coefficient (Wildman–Crippen LogP) is 2.84. The molecule has 0 radical (unpaired) electrons. The minimum atomic E-state index is 0.627. The van der Waals surface area contributed by atoms with Gasteiger partial charge in [-0.15, -0.1) is 5.10 Å². The molecule has 0 bridgehead atoms. The molecular formula is C11H12ClN3OS. The molecule has 1 aromatic heterocycles. The highest BCUT2D eigenvalue weighted by Crippen LogP contribution is 2.24. The van der Waals surface area contributed by atoms with Crippen molar-refractivity contribution >= 4 is 28.8 Å². The minimum absolute atomic E-state index is 0.627. The van der Waals surface area contributed by atoms with Crippen molar-refractivity contribution in [2.45, 2.75) is 6.54 Å². The molecule has 0 spiro atoms. The first kappa shape index (κ1) is 12.1. The average molecular weight is 270 g/mol. The molecule has 0 saturated heterocycles. The molecule has 1 heterocycles. The van der Waals surface area contributed by atoms with Gasteiger partial charge in [-0.25, -0.2) is 0 Å². The van der Waals surface area contributed by atoms with Crippen LogP contribution in [-0.2, 0) is 6.54 Å². The quantitative estimate of drug-likeness (QED) is 0.856. The van der Waals surface area contributed by atoms with Gasteiger partial charge in [-0.2, -0.15) is 0 Å². The lowest BCUT2D eigenvalue weighted by Gasteiger charge is -2.18. The molecule has 6 heteroatoms. The fraction of sp³-hybridized carbons (Fsp3) is 0.273. The first-order chi connectivity index (χ1) is 8.20. The van der Waals surface area contributed by atoms with Gasteiger partial charge in [0.1, 0.15) is 15.8 Å². The summed E-state index contributed by atoms with van der Waals surface area (Å²) >= 11 is 7.17. The largest absolute Gasteiger partial charge is 0.497 e. The third-order valence-corrected chi connectivity index (χ3v) is 3.37. The molecule has 17 heavy (non-hydrogen) atoms. The van der Waals surface area contributed by atoms with E-state index in [-0.39, 0.29) is 0 Å². The normalized spacial score (nSPS) is 10.3. The summed E-state index contributed by atoms with van der Waals surface area (Å²) in [6, 6.07) is 7.84. The van der Waals surface area contributed by atoms with E-state index < -0.39 is 0 Å². The van der Waals surface area contributed by atoms with Gasteiger partial charge < -0.3 is 9.64 Å². The van der Waals surface area contributed by atoms with E-state index in [4.69, 9.17) is 16.3 Å². The highest BCUT2D eigenvalue weighted by atomic mass is 35.5. The molecule has 0 saturated carbocycles. The number of benzene rings is 1. The number of halogens is 1. The van der Waals surface area contributed by atoms with E-state index in [1.807, 2.05) is 36.2 Å². The van der Waals surface area contributed by atoms with Crippen LogP contribution >= 0.6 is 23.1 Å². The molecule has 0 amide bonds. The monoisotopic (exact) mass is 269 g/mol. The van der Waals surface area contributed by atoms with Crippen molar-refractivity contribution in [2.24, 2.45) is 0 Å². The van der Waals surface area contributed by atoms with E-state index >= 15 is 0 Å². The first-order valence-electron chi connectivity index (χ1n) is 5.02. The summed E-state index contributed by atoms with van der Waals surface area (Å²) in [5, 5.41) is 3.99. The van der Waals surface area contributed by atoms with Gasteiger partial charge in [0.15, 0.2) is 0 Å². The number of methoxy groups -OCH3 is 1. The Morgan fingerprint density at radius 3 is 2.94 bits per heavy atom. The van der Waals surface area contributed by atoms with Gasteiger partial charge >= 0.3 is 0 Å². The fourth-order valence-corrected chi connectivity index (χ4v) is 2.07. The third-order valence-electron chi connectivity index (χ3n) is 2.39. The summed E-state index contributed by atoms with van der Waals surface area (Å²) in [6.07, 6.45) is 0. The Kier molecular flexibility index (Phi) is 3.81. The van der Waals surface area contributed by atoms with E-state index in [1.54, 1.807) is 7.11 Å². The van der Waals surface area contributed by atoms with Crippen LogP contribution in [-0.4, -0.2) is 23.7 Å². The fourth-order valence-electron chi connectivity index (χ4n) is 1.46. The predicted molar refractivity (Wildman–Crippen MR) is 70.0 cm³/mol. The van der Waals surface area contributed by atoms with Crippen LogP contribution < -0.4 is 9.64 Å². The maximum atomic E-state index is 5.97. The number of aromatic nitrogens is 2. The van der Waals surface area contributed by atoms with Gasteiger partial charge in [0.2, 0.25) is 0 Å². The summed E-state index contributed by atoms with van der Waals surface area (Å²) in [5.41, 5.74) is 1.84. The van der Waals surface area contributed by atoms with E-state index in [2.05, 4.69) is 9.59 Å². The summed E-state index contributed by atoms with van der Waals surface area (Å²) in [7, 11) is 3.63. The van der Waals surface area contributed by atoms with Gasteiger partial charge in [0, 0.05) is 30.3 Å². The van der Waals surface area contributed by atoms with Gasteiger partial charge in [-0.05, 0) is 12.1 Å². The van der Waals surface area contributed by atoms with Crippen LogP contribution in [0, 0.1) is 0 Å². The zero-order valence-corrected chi connectivity index (χ0v) is 11.1. The summed E-state index contributed by atoms with van der Waals surface area (Å²) < 4.78 is 9.63. The standard InChI is InChI=1S/C11H12ClN3OS/c1-15(7-10-11(12)17-14-13-10)8-4-3-5-9(6-8)16-2/h3-6H,7H2,1-2H3. The number of hydrogen-bond donors (Lipinski definition) is 0. The topological polar surface area (TPSA) is 38.2 Å². The molecule has 0 atom stereocenters. The third kappa shape index (κ3) is 2.87. The smallest absolute Gasteiger partial charge is 0.139 e.